The average Bonchev–Trinajstić information content (AvgIpc) is 2.53. The Balaban J connectivity index is 2.16. The summed E-state index contributed by atoms with van der Waals surface area (Å²) in [7, 11) is 0. The molecule has 22 heavy (non-hydrogen) atoms. The molecule has 0 unspecified atom stereocenters. The number of rotatable bonds is 4. The lowest BCUT2D eigenvalue weighted by Crippen LogP contribution is -2.09. The van der Waals surface area contributed by atoms with Gasteiger partial charge in [0.2, 0.25) is 5.91 Å². The predicted molar refractivity (Wildman–Crippen MR) is 81.9 cm³/mol. The minimum Gasteiger partial charge on any atom is -0.321 e. The Morgan fingerprint density at radius 3 is 2.59 bits per heavy atom. The fourth-order valence-corrected chi connectivity index (χ4v) is 1.82. The highest BCUT2D eigenvalue weighted by Gasteiger charge is 2.10. The minimum atomic E-state index is -0.511. The van der Waals surface area contributed by atoms with Crippen LogP contribution in [0, 0.1) is 21.4 Å². The number of benzene rings is 2. The molecule has 0 spiro atoms. The van der Waals surface area contributed by atoms with Crippen LogP contribution in [-0.2, 0) is 4.79 Å². The van der Waals surface area contributed by atoms with Crippen LogP contribution in [-0.4, -0.2) is 10.8 Å². The quantitative estimate of drug-likeness (QED) is 0.532. The first-order chi connectivity index (χ1) is 10.6. The second-order valence-electron chi connectivity index (χ2n) is 4.30. The fourth-order valence-electron chi connectivity index (χ4n) is 1.82. The summed E-state index contributed by atoms with van der Waals surface area (Å²) in [6.07, 6.45) is 2.55. The second kappa shape index (κ2) is 6.81. The predicted octanol–water partition coefficient (Wildman–Crippen LogP) is 3.12. The summed E-state index contributed by atoms with van der Waals surface area (Å²) in [6.45, 7) is 0. The number of nitro benzene ring substituents is 1. The first-order valence-corrected chi connectivity index (χ1v) is 6.33. The van der Waals surface area contributed by atoms with E-state index in [2.05, 4.69) is 5.32 Å². The molecule has 1 amide bonds. The minimum absolute atomic E-state index is 0.0797. The number of nitrogens with zero attached hydrogens (tertiary/aromatic N) is 2. The zero-order chi connectivity index (χ0) is 15.9. The molecule has 108 valence electrons. The summed E-state index contributed by atoms with van der Waals surface area (Å²) in [6, 6.07) is 14.7. The number of nitro groups is 1. The monoisotopic (exact) mass is 293 g/mol. The van der Waals surface area contributed by atoms with Crippen molar-refractivity contribution in [1.82, 2.24) is 0 Å². The number of carbonyl (C=O) groups excluding carboxylic acids is 1. The Morgan fingerprint density at radius 2 is 1.86 bits per heavy atom. The molecule has 0 radical (unpaired) electrons. The Bertz CT molecular complexity index is 791. The molecule has 1 N–H and O–H groups in total. The maximum atomic E-state index is 11.9. The van der Waals surface area contributed by atoms with Gasteiger partial charge in [0.05, 0.1) is 21.7 Å². The van der Waals surface area contributed by atoms with Crippen LogP contribution in [0.15, 0.2) is 54.6 Å². The lowest BCUT2D eigenvalue weighted by atomic mass is 10.1. The van der Waals surface area contributed by atoms with Crippen LogP contribution in [0.5, 0.6) is 0 Å². The van der Waals surface area contributed by atoms with Crippen molar-refractivity contribution in [2.24, 2.45) is 0 Å². The van der Waals surface area contributed by atoms with Gasteiger partial charge in [-0.3, -0.25) is 14.9 Å². The Labute approximate surface area is 126 Å². The molecule has 0 aliphatic rings. The number of para-hydroxylation sites is 2. The number of carbonyl (C=O) groups is 1. The standard InChI is InChI=1S/C16H11N3O3/c17-11-13-6-1-3-7-14(13)18-16(20)10-9-12-5-2-4-8-15(12)19(21)22/h1-10H,(H,18,20). The number of amides is 1. The molecule has 0 aliphatic carbocycles. The van der Waals surface area contributed by atoms with Gasteiger partial charge in [0.25, 0.3) is 5.69 Å². The van der Waals surface area contributed by atoms with Gasteiger partial charge in [-0.25, -0.2) is 0 Å². The highest BCUT2D eigenvalue weighted by atomic mass is 16.6. The third-order valence-corrected chi connectivity index (χ3v) is 2.85. The number of anilines is 1. The van der Waals surface area contributed by atoms with Crippen molar-refractivity contribution in [3.63, 3.8) is 0 Å². The van der Waals surface area contributed by atoms with Crippen LogP contribution in [0.4, 0.5) is 11.4 Å². The molecule has 0 fully saturated rings. The maximum absolute atomic E-state index is 11.9. The molecular weight excluding hydrogens is 282 g/mol. The highest BCUT2D eigenvalue weighted by Crippen LogP contribution is 2.19. The van der Waals surface area contributed by atoms with E-state index in [1.54, 1.807) is 42.5 Å². The topological polar surface area (TPSA) is 96.0 Å². The molecule has 2 aromatic carbocycles. The summed E-state index contributed by atoms with van der Waals surface area (Å²) in [4.78, 5) is 22.2. The van der Waals surface area contributed by atoms with Gasteiger partial charge >= 0.3 is 0 Å². The van der Waals surface area contributed by atoms with Gasteiger partial charge in [-0.05, 0) is 24.3 Å². The molecule has 2 rings (SSSR count). The van der Waals surface area contributed by atoms with Crippen molar-refractivity contribution in [2.45, 2.75) is 0 Å². The van der Waals surface area contributed by atoms with Gasteiger partial charge in [0.1, 0.15) is 6.07 Å². The molecule has 0 saturated carbocycles. The normalized spacial score (nSPS) is 10.1. The number of nitriles is 1. The Hall–Kier alpha value is -3.46. The summed E-state index contributed by atoms with van der Waals surface area (Å²) in [5.74, 6) is -0.471. The highest BCUT2D eigenvalue weighted by molar-refractivity contribution is 6.02. The Morgan fingerprint density at radius 1 is 1.18 bits per heavy atom. The largest absolute Gasteiger partial charge is 0.321 e. The molecule has 0 bridgehead atoms. The third kappa shape index (κ3) is 3.55. The van der Waals surface area contributed by atoms with Crippen LogP contribution < -0.4 is 5.32 Å². The van der Waals surface area contributed by atoms with Crippen LogP contribution in [0.1, 0.15) is 11.1 Å². The summed E-state index contributed by atoms with van der Waals surface area (Å²) in [5.41, 5.74) is 0.984. The van der Waals surface area contributed by atoms with Gasteiger partial charge in [-0.2, -0.15) is 5.26 Å². The molecule has 0 aromatic heterocycles. The van der Waals surface area contributed by atoms with Gasteiger partial charge in [0, 0.05) is 12.1 Å². The second-order valence-corrected chi connectivity index (χ2v) is 4.30. The van der Waals surface area contributed by atoms with Crippen molar-refractivity contribution < 1.29 is 9.72 Å². The lowest BCUT2D eigenvalue weighted by Gasteiger charge is -2.03. The summed E-state index contributed by atoms with van der Waals surface area (Å²) >= 11 is 0. The molecule has 0 heterocycles. The molecule has 0 aliphatic heterocycles. The van der Waals surface area contributed by atoms with Crippen molar-refractivity contribution in [1.29, 1.82) is 5.26 Å². The van der Waals surface area contributed by atoms with E-state index in [0.717, 1.165) is 0 Å². The average molecular weight is 293 g/mol. The number of hydrogen-bond donors (Lipinski definition) is 1. The van der Waals surface area contributed by atoms with Crippen molar-refractivity contribution in [3.8, 4) is 6.07 Å². The third-order valence-electron chi connectivity index (χ3n) is 2.85. The molecular formula is C16H11N3O3. The zero-order valence-electron chi connectivity index (χ0n) is 11.4. The number of hydrogen-bond acceptors (Lipinski definition) is 4. The first kappa shape index (κ1) is 14.9. The molecule has 6 nitrogen and oxygen atoms in total. The van der Waals surface area contributed by atoms with Crippen LogP contribution >= 0.6 is 0 Å². The smallest absolute Gasteiger partial charge is 0.276 e. The fraction of sp³-hybridized carbons (Fsp3) is 0. The van der Waals surface area contributed by atoms with E-state index < -0.39 is 10.8 Å². The number of nitrogens with one attached hydrogen (secondary N) is 1. The van der Waals surface area contributed by atoms with Crippen LogP contribution in [0.3, 0.4) is 0 Å². The molecule has 0 atom stereocenters. The maximum Gasteiger partial charge on any atom is 0.276 e. The molecule has 0 saturated heterocycles. The van der Waals surface area contributed by atoms with Gasteiger partial charge in [-0.15, -0.1) is 0 Å². The van der Waals surface area contributed by atoms with E-state index in [9.17, 15) is 14.9 Å². The lowest BCUT2D eigenvalue weighted by molar-refractivity contribution is -0.385. The van der Waals surface area contributed by atoms with E-state index in [-0.39, 0.29) is 5.69 Å². The van der Waals surface area contributed by atoms with E-state index in [1.807, 2.05) is 6.07 Å². The van der Waals surface area contributed by atoms with E-state index >= 15 is 0 Å². The SMILES string of the molecule is N#Cc1ccccc1NC(=O)C=Cc1ccccc1[N+](=O)[O-]. The Kier molecular flexibility index (Phi) is 4.63. The zero-order valence-corrected chi connectivity index (χ0v) is 11.4. The van der Waals surface area contributed by atoms with Crippen LogP contribution in [0.2, 0.25) is 0 Å². The summed E-state index contributed by atoms with van der Waals surface area (Å²) < 4.78 is 0. The van der Waals surface area contributed by atoms with E-state index in [0.29, 0.717) is 16.8 Å². The van der Waals surface area contributed by atoms with E-state index in [4.69, 9.17) is 5.26 Å². The summed E-state index contributed by atoms with van der Waals surface area (Å²) in [5, 5.41) is 22.4. The molecule has 2 aromatic rings. The van der Waals surface area contributed by atoms with Crippen molar-refractivity contribution in [2.75, 3.05) is 5.32 Å². The van der Waals surface area contributed by atoms with Gasteiger partial charge < -0.3 is 5.32 Å². The first-order valence-electron chi connectivity index (χ1n) is 6.33. The molecule has 6 heteroatoms. The van der Waals surface area contributed by atoms with Gasteiger partial charge in [0.15, 0.2) is 0 Å². The van der Waals surface area contributed by atoms with E-state index in [1.165, 1.54) is 18.2 Å². The van der Waals surface area contributed by atoms with Gasteiger partial charge in [-0.1, -0.05) is 24.3 Å². The van der Waals surface area contributed by atoms with Crippen molar-refractivity contribution >= 4 is 23.4 Å². The van der Waals surface area contributed by atoms with Crippen LogP contribution in [0.25, 0.3) is 6.08 Å². The van der Waals surface area contributed by atoms with Crippen molar-refractivity contribution in [3.05, 3.63) is 75.8 Å².